The van der Waals surface area contributed by atoms with E-state index in [-0.39, 0.29) is 0 Å². The van der Waals surface area contributed by atoms with Gasteiger partial charge in [-0.25, -0.2) is 0 Å². The van der Waals surface area contributed by atoms with Crippen LogP contribution < -0.4 is 5.32 Å². The van der Waals surface area contributed by atoms with Gasteiger partial charge in [0.05, 0.1) is 6.04 Å². The molecule has 2 aliphatic rings. The lowest BCUT2D eigenvalue weighted by atomic mass is 10.1. The first kappa shape index (κ1) is 11.4. The Kier molecular flexibility index (Phi) is 2.58. The number of hydrogen-bond acceptors (Lipinski definition) is 4. The van der Waals surface area contributed by atoms with Gasteiger partial charge in [-0.1, -0.05) is 35.1 Å². The summed E-state index contributed by atoms with van der Waals surface area (Å²) in [5.74, 6) is 0.701. The second kappa shape index (κ2) is 4.30. The number of benzene rings is 1. The van der Waals surface area contributed by atoms with Crippen molar-refractivity contribution < 1.29 is 0 Å². The molecule has 1 aromatic heterocycles. The van der Waals surface area contributed by atoms with Gasteiger partial charge in [0.15, 0.2) is 0 Å². The molecule has 1 aromatic carbocycles. The molecule has 1 fully saturated rings. The van der Waals surface area contributed by atoms with E-state index in [1.165, 1.54) is 41.0 Å². The van der Waals surface area contributed by atoms with Crippen LogP contribution in [0.1, 0.15) is 52.9 Å². The molecule has 2 aliphatic carbocycles. The first-order valence-corrected chi connectivity index (χ1v) is 7.80. The summed E-state index contributed by atoms with van der Waals surface area (Å²) in [4.78, 5) is 0. The number of rotatable bonds is 3. The van der Waals surface area contributed by atoms with Crippen LogP contribution in [0.25, 0.3) is 0 Å². The highest BCUT2D eigenvalue weighted by Crippen LogP contribution is 2.43. The standard InChI is InChI=1S/C15H17N3S/c1-9-2-6-12-11(8-9)5-7-13(12)16-15-18-17-14(19-15)10-3-4-10/h2,6,8,10,13H,3-5,7H2,1H3,(H,16,18). The summed E-state index contributed by atoms with van der Waals surface area (Å²) in [6.07, 6.45) is 4.92. The predicted molar refractivity (Wildman–Crippen MR) is 77.7 cm³/mol. The number of nitrogens with zero attached hydrogens (tertiary/aromatic N) is 2. The van der Waals surface area contributed by atoms with Gasteiger partial charge in [-0.15, -0.1) is 10.2 Å². The highest BCUT2D eigenvalue weighted by atomic mass is 32.1. The maximum atomic E-state index is 4.30. The molecule has 1 unspecified atom stereocenters. The van der Waals surface area contributed by atoms with E-state index < -0.39 is 0 Å². The van der Waals surface area contributed by atoms with Crippen molar-refractivity contribution in [1.82, 2.24) is 10.2 Å². The lowest BCUT2D eigenvalue weighted by Crippen LogP contribution is -2.06. The van der Waals surface area contributed by atoms with E-state index in [0.29, 0.717) is 12.0 Å². The maximum absolute atomic E-state index is 4.30. The minimum absolute atomic E-state index is 0.413. The van der Waals surface area contributed by atoms with Crippen molar-refractivity contribution in [3.05, 3.63) is 39.9 Å². The molecule has 1 heterocycles. The van der Waals surface area contributed by atoms with Gasteiger partial charge >= 0.3 is 0 Å². The maximum Gasteiger partial charge on any atom is 0.206 e. The van der Waals surface area contributed by atoms with Crippen molar-refractivity contribution in [2.75, 3.05) is 5.32 Å². The number of nitrogens with one attached hydrogen (secondary N) is 1. The van der Waals surface area contributed by atoms with E-state index in [9.17, 15) is 0 Å². The van der Waals surface area contributed by atoms with Gasteiger partial charge in [-0.2, -0.15) is 0 Å². The van der Waals surface area contributed by atoms with E-state index in [2.05, 4.69) is 40.6 Å². The fourth-order valence-corrected chi connectivity index (χ4v) is 3.80. The van der Waals surface area contributed by atoms with E-state index in [4.69, 9.17) is 0 Å². The second-order valence-corrected chi connectivity index (χ2v) is 6.67. The van der Waals surface area contributed by atoms with Crippen molar-refractivity contribution in [2.45, 2.75) is 44.6 Å². The van der Waals surface area contributed by atoms with Crippen LogP contribution in [0.2, 0.25) is 0 Å². The van der Waals surface area contributed by atoms with Gasteiger partial charge < -0.3 is 5.32 Å². The molecule has 0 amide bonds. The molecule has 0 radical (unpaired) electrons. The lowest BCUT2D eigenvalue weighted by Gasteiger charge is -2.12. The molecule has 1 atom stereocenters. The number of anilines is 1. The quantitative estimate of drug-likeness (QED) is 0.922. The van der Waals surface area contributed by atoms with Crippen LogP contribution in [0.3, 0.4) is 0 Å². The third kappa shape index (κ3) is 2.14. The molecule has 0 saturated heterocycles. The molecule has 4 rings (SSSR count). The van der Waals surface area contributed by atoms with Crippen molar-refractivity contribution in [2.24, 2.45) is 0 Å². The van der Waals surface area contributed by atoms with E-state index >= 15 is 0 Å². The summed E-state index contributed by atoms with van der Waals surface area (Å²) in [6, 6.07) is 7.19. The normalized spacial score (nSPS) is 21.4. The van der Waals surface area contributed by atoms with Crippen LogP contribution >= 0.6 is 11.3 Å². The van der Waals surface area contributed by atoms with E-state index in [1.807, 2.05) is 0 Å². The monoisotopic (exact) mass is 271 g/mol. The first-order chi connectivity index (χ1) is 9.29. The Morgan fingerprint density at radius 2 is 2.11 bits per heavy atom. The largest absolute Gasteiger partial charge is 0.353 e. The predicted octanol–water partition coefficient (Wildman–Crippen LogP) is 3.82. The number of aromatic nitrogens is 2. The van der Waals surface area contributed by atoms with Gasteiger partial charge in [0.25, 0.3) is 0 Å². The zero-order valence-electron chi connectivity index (χ0n) is 11.0. The topological polar surface area (TPSA) is 37.8 Å². The zero-order valence-corrected chi connectivity index (χ0v) is 11.8. The Morgan fingerprint density at radius 3 is 2.95 bits per heavy atom. The fraction of sp³-hybridized carbons (Fsp3) is 0.467. The van der Waals surface area contributed by atoms with Crippen LogP contribution in [0, 0.1) is 6.92 Å². The van der Waals surface area contributed by atoms with Crippen molar-refractivity contribution >= 4 is 16.5 Å². The van der Waals surface area contributed by atoms with E-state index in [1.54, 1.807) is 11.3 Å². The molecule has 4 heteroatoms. The Balaban J connectivity index is 1.54. The third-order valence-corrected chi connectivity index (χ3v) is 5.06. The summed E-state index contributed by atoms with van der Waals surface area (Å²) < 4.78 is 0. The molecule has 3 nitrogen and oxygen atoms in total. The van der Waals surface area contributed by atoms with Crippen molar-refractivity contribution in [3.8, 4) is 0 Å². The molecular weight excluding hydrogens is 254 g/mol. The third-order valence-electron chi connectivity index (χ3n) is 4.04. The van der Waals surface area contributed by atoms with Crippen molar-refractivity contribution in [1.29, 1.82) is 0 Å². The molecule has 2 aromatic rings. The summed E-state index contributed by atoms with van der Waals surface area (Å²) in [5.41, 5.74) is 4.28. The van der Waals surface area contributed by atoms with Crippen LogP contribution in [0.4, 0.5) is 5.13 Å². The van der Waals surface area contributed by atoms with Gasteiger partial charge in [-0.3, -0.25) is 0 Å². The summed E-state index contributed by atoms with van der Waals surface area (Å²) in [7, 11) is 0. The second-order valence-electron chi connectivity index (χ2n) is 5.66. The molecule has 19 heavy (non-hydrogen) atoms. The highest BCUT2D eigenvalue weighted by Gasteiger charge is 2.28. The Labute approximate surface area is 117 Å². The summed E-state index contributed by atoms with van der Waals surface area (Å²) >= 11 is 1.73. The van der Waals surface area contributed by atoms with Crippen molar-refractivity contribution in [3.63, 3.8) is 0 Å². The number of aryl methyl sites for hydroxylation is 2. The van der Waals surface area contributed by atoms with Crippen LogP contribution in [0.15, 0.2) is 18.2 Å². The lowest BCUT2D eigenvalue weighted by molar-refractivity contribution is 0.758. The zero-order chi connectivity index (χ0) is 12.8. The number of fused-ring (bicyclic) bond motifs is 1. The fourth-order valence-electron chi connectivity index (χ4n) is 2.83. The average Bonchev–Trinajstić information content (AvgIpc) is 3.03. The van der Waals surface area contributed by atoms with Gasteiger partial charge in [-0.05, 0) is 43.7 Å². The molecule has 0 bridgehead atoms. The van der Waals surface area contributed by atoms with Crippen LogP contribution in [-0.4, -0.2) is 10.2 Å². The molecular formula is C15H17N3S. The Morgan fingerprint density at radius 1 is 1.21 bits per heavy atom. The minimum atomic E-state index is 0.413. The molecule has 1 N–H and O–H groups in total. The smallest absolute Gasteiger partial charge is 0.206 e. The summed E-state index contributed by atoms with van der Waals surface area (Å²) in [5, 5.41) is 14.3. The Hall–Kier alpha value is -1.42. The van der Waals surface area contributed by atoms with Crippen LogP contribution in [-0.2, 0) is 6.42 Å². The first-order valence-electron chi connectivity index (χ1n) is 6.99. The summed E-state index contributed by atoms with van der Waals surface area (Å²) in [6.45, 7) is 2.16. The van der Waals surface area contributed by atoms with Crippen LogP contribution in [0.5, 0.6) is 0 Å². The SMILES string of the molecule is Cc1ccc2c(c1)CCC2Nc1nnc(C2CC2)s1. The molecule has 1 saturated carbocycles. The molecule has 98 valence electrons. The highest BCUT2D eigenvalue weighted by molar-refractivity contribution is 7.15. The van der Waals surface area contributed by atoms with Gasteiger partial charge in [0.1, 0.15) is 5.01 Å². The van der Waals surface area contributed by atoms with Gasteiger partial charge in [0.2, 0.25) is 5.13 Å². The molecule has 0 spiro atoms. The Bertz CT molecular complexity index is 616. The molecule has 0 aliphatic heterocycles. The van der Waals surface area contributed by atoms with E-state index in [0.717, 1.165) is 11.6 Å². The number of hydrogen-bond donors (Lipinski definition) is 1. The minimum Gasteiger partial charge on any atom is -0.353 e. The van der Waals surface area contributed by atoms with Gasteiger partial charge in [0, 0.05) is 5.92 Å². The average molecular weight is 271 g/mol.